The molecule has 4 atom stereocenters. The van der Waals surface area contributed by atoms with E-state index in [1.165, 1.54) is 11.3 Å². The number of ether oxygens (including phenoxy) is 3. The first-order valence-electron chi connectivity index (χ1n) is 23.3. The summed E-state index contributed by atoms with van der Waals surface area (Å²) in [5, 5.41) is 26.5. The summed E-state index contributed by atoms with van der Waals surface area (Å²) >= 11 is 3.08. The molecule has 5 aromatic heterocycles. The molecule has 18 heteroatoms. The molecule has 1 aliphatic heterocycles. The van der Waals surface area contributed by atoms with Crippen LogP contribution in [0.4, 0.5) is 5.82 Å². The highest BCUT2D eigenvalue weighted by atomic mass is 32.1. The number of carbonyl (C=O) groups excluding carboxylic acids is 3. The van der Waals surface area contributed by atoms with Gasteiger partial charge in [-0.25, -0.2) is 15.0 Å². The normalized spacial score (nSPS) is 17.1. The van der Waals surface area contributed by atoms with Gasteiger partial charge in [0, 0.05) is 49.6 Å². The van der Waals surface area contributed by atoms with Crippen molar-refractivity contribution in [2.75, 3.05) is 38.8 Å². The number of aliphatic hydroxyl groups excluding tert-OH is 1. The van der Waals surface area contributed by atoms with Gasteiger partial charge in [-0.05, 0) is 79.3 Å². The number of carbonyl (C=O) groups is 3. The molecule has 2 aliphatic rings. The van der Waals surface area contributed by atoms with Crippen LogP contribution in [-0.4, -0.2) is 97.0 Å². The minimum absolute atomic E-state index is 0.136. The number of nitriles is 1. The first-order chi connectivity index (χ1) is 34.0. The third kappa shape index (κ3) is 8.97. The quantitative estimate of drug-likeness (QED) is 0.0703. The molecule has 6 heterocycles. The van der Waals surface area contributed by atoms with Crippen molar-refractivity contribution < 1.29 is 33.7 Å². The predicted molar refractivity (Wildman–Crippen MR) is 267 cm³/mol. The molecule has 10 rings (SSSR count). The second-order valence-electron chi connectivity index (χ2n) is 18.0. The highest BCUT2D eigenvalue weighted by Gasteiger charge is 2.47. The fourth-order valence-electron chi connectivity index (χ4n) is 9.79. The molecule has 1 aliphatic carbocycles. The molecule has 3 N–H and O–H groups in total. The molecule has 2 amide bonds. The summed E-state index contributed by atoms with van der Waals surface area (Å²) in [6.07, 6.45) is 3.31. The average Bonchev–Trinajstić information content (AvgIpc) is 4.23. The SMILES string of the molecule is CNc1c(-c2cn3c(n2)sc2cc(OCCOCCOc4cc(-c5scnc5C)ccc4CNC(=O)[C@@H]4C[C@@H](O)CC4C(=O)[C@H](C(C)C)N4Cc5ccccc5C4=O)ccc23)nc2cc(C#N)ccn12. The van der Waals surface area contributed by atoms with E-state index >= 15 is 0 Å². The Balaban J connectivity index is 0.747. The lowest BCUT2D eigenvalue weighted by Crippen LogP contribution is -2.49. The van der Waals surface area contributed by atoms with Gasteiger partial charge in [-0.3, -0.25) is 23.2 Å². The lowest BCUT2D eigenvalue weighted by Gasteiger charge is -2.33. The Morgan fingerprint density at radius 3 is 2.56 bits per heavy atom. The van der Waals surface area contributed by atoms with Gasteiger partial charge in [0.1, 0.15) is 47.6 Å². The van der Waals surface area contributed by atoms with E-state index in [4.69, 9.17) is 24.2 Å². The van der Waals surface area contributed by atoms with E-state index in [1.54, 1.807) is 39.9 Å². The molecule has 8 aromatic rings. The topological polar surface area (TPSA) is 198 Å². The Kier molecular flexibility index (Phi) is 13.1. The second kappa shape index (κ2) is 19.7. The van der Waals surface area contributed by atoms with E-state index < -0.39 is 24.0 Å². The van der Waals surface area contributed by atoms with Gasteiger partial charge < -0.3 is 34.9 Å². The molecule has 3 aromatic carbocycles. The first kappa shape index (κ1) is 46.6. The molecular formula is C52H51N9O7S2. The number of rotatable bonds is 18. The van der Waals surface area contributed by atoms with Crippen molar-refractivity contribution in [1.82, 2.24) is 34.0 Å². The Morgan fingerprint density at radius 1 is 0.971 bits per heavy atom. The van der Waals surface area contributed by atoms with Crippen LogP contribution in [0, 0.1) is 36.0 Å². The van der Waals surface area contributed by atoms with Crippen LogP contribution in [0.15, 0.2) is 90.7 Å². The number of Topliss-reactive ketones (excluding diaryl/α,β-unsaturated/α-hetero) is 1. The number of hydrogen-bond donors (Lipinski definition) is 3. The Labute approximate surface area is 411 Å². The number of nitrogens with one attached hydrogen (secondary N) is 2. The summed E-state index contributed by atoms with van der Waals surface area (Å²) in [4.78, 5) is 59.4. The fraction of sp³-hybridized carbons (Fsp3) is 0.327. The maximum Gasteiger partial charge on any atom is 0.255 e. The number of fused-ring (bicyclic) bond motifs is 5. The number of hydrogen-bond acceptors (Lipinski definition) is 14. The van der Waals surface area contributed by atoms with E-state index in [1.807, 2.05) is 104 Å². The van der Waals surface area contributed by atoms with Crippen LogP contribution < -0.4 is 20.1 Å². The molecule has 70 heavy (non-hydrogen) atoms. The van der Waals surface area contributed by atoms with Crippen molar-refractivity contribution in [3.05, 3.63) is 119 Å². The van der Waals surface area contributed by atoms with Crippen LogP contribution in [0.5, 0.6) is 11.5 Å². The molecule has 0 bridgehead atoms. The van der Waals surface area contributed by atoms with Crippen molar-refractivity contribution in [3.8, 4) is 39.4 Å². The molecule has 1 saturated carbocycles. The molecule has 1 unspecified atom stereocenters. The van der Waals surface area contributed by atoms with Crippen molar-refractivity contribution in [3.63, 3.8) is 0 Å². The van der Waals surface area contributed by atoms with E-state index in [0.717, 1.165) is 54.0 Å². The number of pyridine rings is 1. The van der Waals surface area contributed by atoms with Crippen molar-refractivity contribution in [1.29, 1.82) is 5.26 Å². The van der Waals surface area contributed by atoms with Gasteiger partial charge in [-0.15, -0.1) is 11.3 Å². The number of benzene rings is 3. The van der Waals surface area contributed by atoms with Gasteiger partial charge in [0.15, 0.2) is 10.7 Å². The molecule has 16 nitrogen and oxygen atoms in total. The summed E-state index contributed by atoms with van der Waals surface area (Å²) in [5.41, 5.74) is 9.45. The minimum Gasteiger partial charge on any atom is -0.491 e. The number of aryl methyl sites for hydroxylation is 1. The zero-order chi connectivity index (χ0) is 48.6. The predicted octanol–water partition coefficient (Wildman–Crippen LogP) is 7.94. The maximum atomic E-state index is 14.3. The summed E-state index contributed by atoms with van der Waals surface area (Å²) in [6.45, 7) is 7.43. The van der Waals surface area contributed by atoms with Gasteiger partial charge in [0.25, 0.3) is 5.91 Å². The molecule has 0 radical (unpaired) electrons. The average molecular weight is 978 g/mol. The van der Waals surface area contributed by atoms with E-state index in [9.17, 15) is 24.8 Å². The molecule has 1 fully saturated rings. The first-order valence-corrected chi connectivity index (χ1v) is 25.0. The summed E-state index contributed by atoms with van der Waals surface area (Å²) in [6, 6.07) is 24.1. The minimum atomic E-state index is -0.811. The zero-order valence-corrected chi connectivity index (χ0v) is 40.7. The van der Waals surface area contributed by atoms with Gasteiger partial charge in [0.05, 0.1) is 69.2 Å². The van der Waals surface area contributed by atoms with Crippen LogP contribution in [0.25, 0.3) is 42.7 Å². The highest BCUT2D eigenvalue weighted by molar-refractivity contribution is 7.23. The molecular weight excluding hydrogens is 927 g/mol. The number of anilines is 1. The van der Waals surface area contributed by atoms with Crippen molar-refractivity contribution in [2.24, 2.45) is 17.8 Å². The summed E-state index contributed by atoms with van der Waals surface area (Å²) < 4.78 is 23.3. The third-order valence-electron chi connectivity index (χ3n) is 13.2. The monoisotopic (exact) mass is 977 g/mol. The van der Waals surface area contributed by atoms with Gasteiger partial charge in [-0.1, -0.05) is 55.5 Å². The van der Waals surface area contributed by atoms with Crippen LogP contribution in [-0.2, 0) is 27.4 Å². The number of thiazole rings is 2. The number of imidazole rings is 2. The smallest absolute Gasteiger partial charge is 0.255 e. The third-order valence-corrected chi connectivity index (χ3v) is 15.2. The Hall–Kier alpha value is -7.17. The van der Waals surface area contributed by atoms with Gasteiger partial charge in [0.2, 0.25) is 5.91 Å². The zero-order valence-electron chi connectivity index (χ0n) is 39.0. The summed E-state index contributed by atoms with van der Waals surface area (Å²) in [5.74, 6) is -0.311. The van der Waals surface area contributed by atoms with Crippen LogP contribution in [0.2, 0.25) is 0 Å². The van der Waals surface area contributed by atoms with E-state index in [0.29, 0.717) is 53.7 Å². The summed E-state index contributed by atoms with van der Waals surface area (Å²) in [7, 11) is 1.84. The number of amides is 2. The fourth-order valence-corrected chi connectivity index (χ4v) is 11.6. The highest BCUT2D eigenvalue weighted by Crippen LogP contribution is 2.39. The molecule has 0 saturated heterocycles. The van der Waals surface area contributed by atoms with Crippen LogP contribution >= 0.6 is 22.7 Å². The molecule has 0 spiro atoms. The Morgan fingerprint density at radius 2 is 1.79 bits per heavy atom. The van der Waals surface area contributed by atoms with E-state index in [-0.39, 0.29) is 56.1 Å². The molecule has 358 valence electrons. The standard InChI is InChI=1S/C52H51N9O7S2/c1-29(2)46(61-26-34-7-5-6-8-37(34)51(61)65)47(63)38-21-35(62)22-39(38)50(64)55-25-33-10-9-32(48-30(3)56-28-69-48)20-42(33)68-18-16-66-15-17-67-36-11-12-41-43(23-36)70-52-57-40(27-60(41)52)45-49(54-4)59-14-13-31(24-53)19-44(59)58-45/h5-14,19-20,23,27-29,35,38-39,46,54,62H,15-18,21-22,25-26H2,1-4H3,(H,55,64)/t35-,38?,39+,46-/m0/s1. The maximum absolute atomic E-state index is 14.3. The number of aromatic nitrogens is 5. The van der Waals surface area contributed by atoms with Gasteiger partial charge in [-0.2, -0.15) is 5.26 Å². The van der Waals surface area contributed by atoms with E-state index in [2.05, 4.69) is 21.7 Å². The number of aliphatic hydroxyl groups is 1. The van der Waals surface area contributed by atoms with Crippen molar-refractivity contribution in [2.45, 2.75) is 58.8 Å². The van der Waals surface area contributed by atoms with Crippen molar-refractivity contribution >= 4 is 66.9 Å². The Bertz CT molecular complexity index is 3330. The largest absolute Gasteiger partial charge is 0.491 e. The number of nitrogens with zero attached hydrogens (tertiary/aromatic N) is 7. The van der Waals surface area contributed by atoms with Crippen LogP contribution in [0.1, 0.15) is 59.4 Å². The number of ketones is 1. The van der Waals surface area contributed by atoms with Gasteiger partial charge >= 0.3 is 0 Å². The lowest BCUT2D eigenvalue weighted by atomic mass is 9.83. The lowest BCUT2D eigenvalue weighted by molar-refractivity contribution is -0.136. The second-order valence-corrected chi connectivity index (χ2v) is 19.8. The van der Waals surface area contributed by atoms with Crippen LogP contribution in [0.3, 0.4) is 0 Å².